The number of nitrogens with zero attached hydrogens (tertiary/aromatic N) is 3. The minimum Gasteiger partial charge on any atom is -0.390 e. The molecule has 5 nitrogen and oxygen atoms in total. The molecule has 0 bridgehead atoms. The number of β-amino-alcohol motifs (C(OH)–C–C–N with tert-alkyl or cyclic N) is 1. The summed E-state index contributed by atoms with van der Waals surface area (Å²) in [6.07, 6.45) is -0.553. The van der Waals surface area contributed by atoms with Crippen LogP contribution in [-0.4, -0.2) is 72.2 Å². The Morgan fingerprint density at radius 2 is 1.59 bits per heavy atom. The lowest BCUT2D eigenvalue weighted by atomic mass is 10.1. The van der Waals surface area contributed by atoms with Gasteiger partial charge in [0.05, 0.1) is 22.2 Å². The highest BCUT2D eigenvalue weighted by Crippen LogP contribution is 2.28. The summed E-state index contributed by atoms with van der Waals surface area (Å²) in [7, 11) is 0. The molecule has 2 saturated heterocycles. The normalized spacial score (nSPS) is 22.9. The molecule has 0 spiro atoms. The number of rotatable bonds is 3. The van der Waals surface area contributed by atoms with Crippen LogP contribution in [0.15, 0.2) is 42.5 Å². The van der Waals surface area contributed by atoms with E-state index in [2.05, 4.69) is 9.80 Å². The first-order valence-electron chi connectivity index (χ1n) is 9.59. The number of anilines is 1. The summed E-state index contributed by atoms with van der Waals surface area (Å²) >= 11 is 18.1. The van der Waals surface area contributed by atoms with Gasteiger partial charge in [-0.15, -0.1) is 0 Å². The van der Waals surface area contributed by atoms with E-state index in [1.54, 1.807) is 29.2 Å². The molecule has 2 unspecified atom stereocenters. The SMILES string of the molecule is O=C(c1ccc(Cl)cc1)N1CC(O)C(N2CCN(c3ccc(Cl)c(Cl)c3)CC2)C1. The summed E-state index contributed by atoms with van der Waals surface area (Å²) in [6, 6.07) is 12.5. The first-order valence-corrected chi connectivity index (χ1v) is 10.7. The Morgan fingerprint density at radius 1 is 0.897 bits per heavy atom. The first kappa shape index (κ1) is 20.8. The number of aliphatic hydroxyl groups excluding tert-OH is 1. The molecule has 8 heteroatoms. The summed E-state index contributed by atoms with van der Waals surface area (Å²) in [5.74, 6) is -0.0716. The molecular weight excluding hydrogens is 433 g/mol. The Balaban J connectivity index is 1.36. The van der Waals surface area contributed by atoms with E-state index in [0.717, 1.165) is 31.9 Å². The number of halogens is 3. The molecule has 2 aromatic rings. The van der Waals surface area contributed by atoms with E-state index in [9.17, 15) is 9.90 Å². The second kappa shape index (κ2) is 8.70. The molecule has 0 aliphatic carbocycles. The first-order chi connectivity index (χ1) is 13.9. The van der Waals surface area contributed by atoms with Gasteiger partial charge in [-0.3, -0.25) is 9.69 Å². The van der Waals surface area contributed by atoms with Gasteiger partial charge in [-0.25, -0.2) is 0 Å². The van der Waals surface area contributed by atoms with Crippen LogP contribution in [0.1, 0.15) is 10.4 Å². The van der Waals surface area contributed by atoms with Gasteiger partial charge in [0.1, 0.15) is 0 Å². The van der Waals surface area contributed by atoms with Crippen LogP contribution >= 0.6 is 34.8 Å². The average molecular weight is 455 g/mol. The molecule has 1 amide bonds. The zero-order valence-corrected chi connectivity index (χ0v) is 18.0. The van der Waals surface area contributed by atoms with Gasteiger partial charge in [0.25, 0.3) is 5.91 Å². The number of hydrogen-bond acceptors (Lipinski definition) is 4. The van der Waals surface area contributed by atoms with E-state index in [0.29, 0.717) is 33.7 Å². The molecule has 2 atom stereocenters. The third-order valence-corrected chi connectivity index (χ3v) is 6.68. The number of piperazine rings is 1. The zero-order chi connectivity index (χ0) is 20.5. The van der Waals surface area contributed by atoms with Crippen LogP contribution in [0.3, 0.4) is 0 Å². The van der Waals surface area contributed by atoms with E-state index < -0.39 is 6.10 Å². The van der Waals surface area contributed by atoms with Crippen molar-refractivity contribution in [3.8, 4) is 0 Å². The predicted octanol–water partition coefficient (Wildman–Crippen LogP) is 3.65. The number of benzene rings is 2. The minimum atomic E-state index is -0.553. The third-order valence-electron chi connectivity index (χ3n) is 5.69. The molecule has 2 heterocycles. The number of hydrogen-bond donors (Lipinski definition) is 1. The molecule has 4 rings (SSSR count). The number of amides is 1. The average Bonchev–Trinajstić information content (AvgIpc) is 3.12. The lowest BCUT2D eigenvalue weighted by Crippen LogP contribution is -2.53. The van der Waals surface area contributed by atoms with Crippen LogP contribution in [0.5, 0.6) is 0 Å². The Kier molecular flexibility index (Phi) is 6.23. The van der Waals surface area contributed by atoms with Crippen LogP contribution in [-0.2, 0) is 0 Å². The number of carbonyl (C=O) groups excluding carboxylic acids is 1. The van der Waals surface area contributed by atoms with Crippen LogP contribution in [0.2, 0.25) is 15.1 Å². The Morgan fingerprint density at radius 3 is 2.24 bits per heavy atom. The topological polar surface area (TPSA) is 47.0 Å². The van der Waals surface area contributed by atoms with Crippen molar-refractivity contribution in [3.63, 3.8) is 0 Å². The van der Waals surface area contributed by atoms with Crippen molar-refractivity contribution >= 4 is 46.4 Å². The molecule has 2 fully saturated rings. The maximum absolute atomic E-state index is 12.8. The van der Waals surface area contributed by atoms with E-state index >= 15 is 0 Å². The summed E-state index contributed by atoms with van der Waals surface area (Å²) in [6.45, 7) is 4.14. The largest absolute Gasteiger partial charge is 0.390 e. The van der Waals surface area contributed by atoms with Crippen molar-refractivity contribution in [2.45, 2.75) is 12.1 Å². The molecule has 0 aromatic heterocycles. The van der Waals surface area contributed by atoms with Crippen molar-refractivity contribution in [2.24, 2.45) is 0 Å². The molecule has 2 aliphatic rings. The minimum absolute atomic E-state index is 0.0535. The van der Waals surface area contributed by atoms with Gasteiger partial charge in [-0.1, -0.05) is 34.8 Å². The van der Waals surface area contributed by atoms with Crippen molar-refractivity contribution in [2.75, 3.05) is 44.2 Å². The number of likely N-dealkylation sites (tertiary alicyclic amines) is 1. The molecule has 29 heavy (non-hydrogen) atoms. The van der Waals surface area contributed by atoms with E-state index in [1.807, 2.05) is 18.2 Å². The van der Waals surface area contributed by atoms with Crippen LogP contribution in [0.25, 0.3) is 0 Å². The third kappa shape index (κ3) is 4.49. The van der Waals surface area contributed by atoms with Gasteiger partial charge in [0, 0.05) is 55.5 Å². The molecule has 2 aliphatic heterocycles. The Bertz CT molecular complexity index is 885. The van der Waals surface area contributed by atoms with E-state index in [-0.39, 0.29) is 11.9 Å². The summed E-state index contributed by atoms with van der Waals surface area (Å²) in [5.41, 5.74) is 1.64. The van der Waals surface area contributed by atoms with Crippen molar-refractivity contribution < 1.29 is 9.90 Å². The molecule has 0 saturated carbocycles. The Labute approximate surface area is 185 Å². The van der Waals surface area contributed by atoms with Gasteiger partial charge in [0.2, 0.25) is 0 Å². The van der Waals surface area contributed by atoms with Crippen molar-refractivity contribution in [3.05, 3.63) is 63.1 Å². The standard InChI is InChI=1S/C21H22Cl3N3O2/c22-15-3-1-14(2-4-15)21(29)27-12-19(20(28)13-27)26-9-7-25(8-10-26)16-5-6-17(23)18(24)11-16/h1-6,11,19-20,28H,7-10,12-13H2. The molecule has 1 N–H and O–H groups in total. The molecule has 2 aromatic carbocycles. The summed E-state index contributed by atoms with van der Waals surface area (Å²) < 4.78 is 0. The highest BCUT2D eigenvalue weighted by molar-refractivity contribution is 6.42. The van der Waals surface area contributed by atoms with Gasteiger partial charge < -0.3 is 14.9 Å². The molecule has 154 valence electrons. The second-order valence-corrected chi connectivity index (χ2v) is 8.72. The summed E-state index contributed by atoms with van der Waals surface area (Å²) in [4.78, 5) is 19.0. The van der Waals surface area contributed by atoms with Gasteiger partial charge in [-0.05, 0) is 42.5 Å². The highest BCUT2D eigenvalue weighted by atomic mass is 35.5. The lowest BCUT2D eigenvalue weighted by molar-refractivity contribution is 0.0754. The van der Waals surface area contributed by atoms with Gasteiger partial charge in [0.15, 0.2) is 0 Å². The van der Waals surface area contributed by atoms with Crippen LogP contribution in [0, 0.1) is 0 Å². The fraction of sp³-hybridized carbons (Fsp3) is 0.381. The summed E-state index contributed by atoms with van der Waals surface area (Å²) in [5, 5.41) is 12.3. The lowest BCUT2D eigenvalue weighted by Gasteiger charge is -2.39. The van der Waals surface area contributed by atoms with Gasteiger partial charge >= 0.3 is 0 Å². The highest BCUT2D eigenvalue weighted by Gasteiger charge is 2.38. The molecule has 0 radical (unpaired) electrons. The van der Waals surface area contributed by atoms with Gasteiger partial charge in [-0.2, -0.15) is 0 Å². The maximum Gasteiger partial charge on any atom is 0.253 e. The fourth-order valence-electron chi connectivity index (χ4n) is 4.06. The van der Waals surface area contributed by atoms with Crippen molar-refractivity contribution in [1.82, 2.24) is 9.80 Å². The molecular formula is C21H22Cl3N3O2. The quantitative estimate of drug-likeness (QED) is 0.769. The zero-order valence-electron chi connectivity index (χ0n) is 15.8. The smallest absolute Gasteiger partial charge is 0.253 e. The van der Waals surface area contributed by atoms with Crippen LogP contribution < -0.4 is 4.90 Å². The number of carbonyl (C=O) groups is 1. The fourth-order valence-corrected chi connectivity index (χ4v) is 4.48. The number of aliphatic hydroxyl groups is 1. The monoisotopic (exact) mass is 453 g/mol. The van der Waals surface area contributed by atoms with E-state index in [1.165, 1.54) is 0 Å². The maximum atomic E-state index is 12.8. The predicted molar refractivity (Wildman–Crippen MR) is 117 cm³/mol. The van der Waals surface area contributed by atoms with Crippen LogP contribution in [0.4, 0.5) is 5.69 Å². The Hall–Kier alpha value is -1.50. The second-order valence-electron chi connectivity index (χ2n) is 7.47. The van der Waals surface area contributed by atoms with E-state index in [4.69, 9.17) is 34.8 Å². The van der Waals surface area contributed by atoms with Crippen molar-refractivity contribution in [1.29, 1.82) is 0 Å².